The fraction of sp³-hybridized carbons (Fsp3) is 0.200. The highest BCUT2D eigenvalue weighted by atomic mass is 19.4. The first-order valence-electron chi connectivity index (χ1n) is 8.88. The minimum atomic E-state index is -4.42. The average Bonchev–Trinajstić information content (AvgIpc) is 2.71. The van der Waals surface area contributed by atoms with Gasteiger partial charge in [-0.1, -0.05) is 18.7 Å². The van der Waals surface area contributed by atoms with Crippen LogP contribution in [0.2, 0.25) is 0 Å². The third-order valence-corrected chi connectivity index (χ3v) is 3.74. The third-order valence-electron chi connectivity index (χ3n) is 3.74. The van der Waals surface area contributed by atoms with E-state index in [4.69, 9.17) is 4.74 Å². The molecule has 0 aromatic heterocycles. The molecular formula is C20H21F3N4O3. The van der Waals surface area contributed by atoms with E-state index in [9.17, 15) is 22.8 Å². The van der Waals surface area contributed by atoms with Gasteiger partial charge in [-0.05, 0) is 43.3 Å². The summed E-state index contributed by atoms with van der Waals surface area (Å²) < 4.78 is 42.8. The quantitative estimate of drug-likeness (QED) is 0.366. The number of para-hydroxylation sites is 1. The van der Waals surface area contributed by atoms with E-state index >= 15 is 0 Å². The molecule has 2 aromatic carbocycles. The van der Waals surface area contributed by atoms with E-state index in [0.29, 0.717) is 11.4 Å². The van der Waals surface area contributed by atoms with E-state index in [0.717, 1.165) is 12.1 Å². The molecule has 1 amide bonds. The van der Waals surface area contributed by atoms with Gasteiger partial charge < -0.3 is 15.4 Å². The molecule has 0 fully saturated rings. The maximum atomic E-state index is 12.7. The van der Waals surface area contributed by atoms with Crippen molar-refractivity contribution in [1.82, 2.24) is 16.2 Å². The van der Waals surface area contributed by atoms with Crippen LogP contribution in [0.3, 0.4) is 0 Å². The second-order valence-electron chi connectivity index (χ2n) is 5.96. The Kier molecular flexibility index (Phi) is 7.68. The topological polar surface area (TPSA) is 91.5 Å². The van der Waals surface area contributed by atoms with Crippen LogP contribution in [0.1, 0.15) is 22.8 Å². The SMILES string of the molecule is C=C(NCC(=O)OCC)NNC(=O)c1ccccc1Nc1ccc(C(F)(F)F)cc1. The Bertz CT molecular complexity index is 899. The molecule has 0 heterocycles. The molecule has 2 aromatic rings. The number of hydrazine groups is 1. The summed E-state index contributed by atoms with van der Waals surface area (Å²) in [6.45, 7) is 5.43. The summed E-state index contributed by atoms with van der Waals surface area (Å²) in [4.78, 5) is 23.8. The van der Waals surface area contributed by atoms with Crippen LogP contribution in [0, 0.1) is 0 Å². The second-order valence-corrected chi connectivity index (χ2v) is 5.96. The van der Waals surface area contributed by atoms with Crippen molar-refractivity contribution in [3.63, 3.8) is 0 Å². The Balaban J connectivity index is 1.98. The third kappa shape index (κ3) is 6.73. The van der Waals surface area contributed by atoms with E-state index in [1.807, 2.05) is 0 Å². The predicted molar refractivity (Wildman–Crippen MR) is 106 cm³/mol. The molecule has 0 spiro atoms. The van der Waals surface area contributed by atoms with Gasteiger partial charge in [0.2, 0.25) is 0 Å². The largest absolute Gasteiger partial charge is 0.465 e. The summed E-state index contributed by atoms with van der Waals surface area (Å²) in [5.41, 5.74) is 5.19. The van der Waals surface area contributed by atoms with Crippen molar-refractivity contribution in [3.05, 3.63) is 72.1 Å². The first kappa shape index (κ1) is 22.6. The molecule has 0 aliphatic heterocycles. The standard InChI is InChI=1S/C20H21F3N4O3/c1-3-30-18(28)12-24-13(2)26-27-19(29)16-6-4-5-7-17(16)25-15-10-8-14(9-11-15)20(21,22)23/h4-11,24-26H,2-3,12H2,1H3,(H,27,29). The molecule has 0 bridgehead atoms. The smallest absolute Gasteiger partial charge is 0.416 e. The minimum Gasteiger partial charge on any atom is -0.465 e. The summed E-state index contributed by atoms with van der Waals surface area (Å²) in [5.74, 6) is -0.827. The zero-order valence-electron chi connectivity index (χ0n) is 16.1. The number of halogens is 3. The van der Waals surface area contributed by atoms with E-state index in [1.165, 1.54) is 18.2 Å². The predicted octanol–water partition coefficient (Wildman–Crippen LogP) is 3.31. The lowest BCUT2D eigenvalue weighted by Crippen LogP contribution is -2.42. The molecule has 10 heteroatoms. The van der Waals surface area contributed by atoms with Crippen LogP contribution in [-0.2, 0) is 15.7 Å². The molecule has 7 nitrogen and oxygen atoms in total. The van der Waals surface area contributed by atoms with Crippen molar-refractivity contribution in [1.29, 1.82) is 0 Å². The Morgan fingerprint density at radius 2 is 1.70 bits per heavy atom. The molecule has 30 heavy (non-hydrogen) atoms. The lowest BCUT2D eigenvalue weighted by atomic mass is 10.1. The number of anilines is 2. The number of hydrogen-bond donors (Lipinski definition) is 4. The van der Waals surface area contributed by atoms with Crippen LogP contribution < -0.4 is 21.5 Å². The highest BCUT2D eigenvalue weighted by molar-refractivity contribution is 6.00. The van der Waals surface area contributed by atoms with Crippen molar-refractivity contribution in [2.75, 3.05) is 18.5 Å². The van der Waals surface area contributed by atoms with E-state index in [1.54, 1.807) is 25.1 Å². The molecule has 0 unspecified atom stereocenters. The normalized spacial score (nSPS) is 10.7. The van der Waals surface area contributed by atoms with Gasteiger partial charge in [0.1, 0.15) is 12.4 Å². The van der Waals surface area contributed by atoms with Crippen molar-refractivity contribution >= 4 is 23.3 Å². The van der Waals surface area contributed by atoms with Gasteiger partial charge in [-0.2, -0.15) is 13.2 Å². The Labute approximate surface area is 171 Å². The molecule has 160 valence electrons. The van der Waals surface area contributed by atoms with Gasteiger partial charge in [0.25, 0.3) is 5.91 Å². The average molecular weight is 422 g/mol. The van der Waals surface area contributed by atoms with Crippen molar-refractivity contribution in [2.45, 2.75) is 13.1 Å². The molecule has 0 radical (unpaired) electrons. The van der Waals surface area contributed by atoms with E-state index < -0.39 is 23.6 Å². The van der Waals surface area contributed by atoms with Crippen LogP contribution >= 0.6 is 0 Å². The summed E-state index contributed by atoms with van der Waals surface area (Å²) in [6, 6.07) is 10.9. The van der Waals surface area contributed by atoms with Crippen LogP contribution in [0.25, 0.3) is 0 Å². The highest BCUT2D eigenvalue weighted by Gasteiger charge is 2.29. The Morgan fingerprint density at radius 3 is 2.33 bits per heavy atom. The lowest BCUT2D eigenvalue weighted by Gasteiger charge is -2.15. The molecule has 4 N–H and O–H groups in total. The van der Waals surface area contributed by atoms with Crippen LogP contribution in [-0.4, -0.2) is 25.0 Å². The summed E-state index contributed by atoms with van der Waals surface area (Å²) in [7, 11) is 0. The Hall–Kier alpha value is -3.69. The van der Waals surface area contributed by atoms with Crippen LogP contribution in [0.15, 0.2) is 60.9 Å². The lowest BCUT2D eigenvalue weighted by molar-refractivity contribution is -0.142. The van der Waals surface area contributed by atoms with E-state index in [2.05, 4.69) is 28.1 Å². The number of amides is 1. The maximum absolute atomic E-state index is 12.7. The molecule has 2 rings (SSSR count). The van der Waals surface area contributed by atoms with Crippen LogP contribution in [0.4, 0.5) is 24.5 Å². The van der Waals surface area contributed by atoms with Gasteiger partial charge in [0, 0.05) is 5.69 Å². The number of esters is 1. The summed E-state index contributed by atoms with van der Waals surface area (Å²) >= 11 is 0. The molecule has 0 aliphatic carbocycles. The summed E-state index contributed by atoms with van der Waals surface area (Å²) in [5, 5.41) is 5.56. The fourth-order valence-electron chi connectivity index (χ4n) is 2.32. The van der Waals surface area contributed by atoms with Crippen molar-refractivity contribution < 1.29 is 27.5 Å². The van der Waals surface area contributed by atoms with Gasteiger partial charge in [0.15, 0.2) is 0 Å². The first-order valence-corrected chi connectivity index (χ1v) is 8.88. The van der Waals surface area contributed by atoms with Gasteiger partial charge in [-0.3, -0.25) is 20.4 Å². The fourth-order valence-corrected chi connectivity index (χ4v) is 2.32. The first-order chi connectivity index (χ1) is 14.2. The van der Waals surface area contributed by atoms with Gasteiger partial charge in [-0.15, -0.1) is 0 Å². The van der Waals surface area contributed by atoms with Crippen molar-refractivity contribution in [2.24, 2.45) is 0 Å². The number of ether oxygens (including phenoxy) is 1. The number of hydrogen-bond acceptors (Lipinski definition) is 6. The monoisotopic (exact) mass is 422 g/mol. The Morgan fingerprint density at radius 1 is 1.03 bits per heavy atom. The molecule has 0 aliphatic rings. The van der Waals surface area contributed by atoms with Gasteiger partial charge >= 0.3 is 12.1 Å². The summed E-state index contributed by atoms with van der Waals surface area (Å²) in [6.07, 6.45) is -4.42. The number of rotatable bonds is 9. The number of benzene rings is 2. The molecular weight excluding hydrogens is 401 g/mol. The maximum Gasteiger partial charge on any atom is 0.416 e. The zero-order valence-corrected chi connectivity index (χ0v) is 16.1. The van der Waals surface area contributed by atoms with Gasteiger partial charge in [-0.25, -0.2) is 0 Å². The van der Waals surface area contributed by atoms with E-state index in [-0.39, 0.29) is 24.5 Å². The molecule has 0 saturated heterocycles. The minimum absolute atomic E-state index is 0.123. The van der Waals surface area contributed by atoms with Gasteiger partial charge in [0.05, 0.1) is 23.4 Å². The number of carbonyl (C=O) groups excluding carboxylic acids is 2. The van der Waals surface area contributed by atoms with Crippen LogP contribution in [0.5, 0.6) is 0 Å². The van der Waals surface area contributed by atoms with Crippen molar-refractivity contribution in [3.8, 4) is 0 Å². The number of alkyl halides is 3. The number of nitrogens with one attached hydrogen (secondary N) is 4. The molecule has 0 atom stereocenters. The zero-order chi connectivity index (χ0) is 22.1. The second kappa shape index (κ2) is 10.2. The molecule has 0 saturated carbocycles. The highest BCUT2D eigenvalue weighted by Crippen LogP contribution is 2.30. The number of carbonyl (C=O) groups is 2.